The average Bonchev–Trinajstić information content (AvgIpc) is 2.91. The van der Waals surface area contributed by atoms with Gasteiger partial charge in [0.2, 0.25) is 0 Å². The van der Waals surface area contributed by atoms with Crippen LogP contribution in [-0.4, -0.2) is 36.0 Å². The van der Waals surface area contributed by atoms with Crippen LogP contribution in [0, 0.1) is 0 Å². The van der Waals surface area contributed by atoms with Gasteiger partial charge in [0.15, 0.2) is 0 Å². The second-order valence-electron chi connectivity index (χ2n) is 9.43. The van der Waals surface area contributed by atoms with Gasteiger partial charge in [0.1, 0.15) is 0 Å². The van der Waals surface area contributed by atoms with Crippen molar-refractivity contribution in [2.24, 2.45) is 0 Å². The highest BCUT2D eigenvalue weighted by atomic mass is 16.1. The molecule has 3 aliphatic rings. The van der Waals surface area contributed by atoms with Crippen molar-refractivity contribution in [1.82, 2.24) is 10.2 Å². The Morgan fingerprint density at radius 3 is 2.38 bits per heavy atom. The number of carbonyl (C=O) groups is 1. The molecule has 0 bridgehead atoms. The van der Waals surface area contributed by atoms with Crippen molar-refractivity contribution in [3.8, 4) is 0 Å². The van der Waals surface area contributed by atoms with Crippen LogP contribution in [0.3, 0.4) is 0 Å². The van der Waals surface area contributed by atoms with E-state index in [4.69, 9.17) is 0 Å². The van der Waals surface area contributed by atoms with E-state index < -0.39 is 0 Å². The molecule has 0 radical (unpaired) electrons. The molecule has 4 rings (SSSR count). The summed E-state index contributed by atoms with van der Waals surface area (Å²) in [6.07, 6.45) is 15.0. The van der Waals surface area contributed by atoms with Gasteiger partial charge in [-0.25, -0.2) is 0 Å². The van der Waals surface area contributed by atoms with E-state index in [-0.39, 0.29) is 17.4 Å². The van der Waals surface area contributed by atoms with E-state index in [0.717, 1.165) is 50.4 Å². The lowest BCUT2D eigenvalue weighted by atomic mass is 9.74. The summed E-state index contributed by atoms with van der Waals surface area (Å²) in [6, 6.07) is 9.70. The first-order chi connectivity index (χ1) is 14.2. The molecule has 1 aromatic carbocycles. The van der Waals surface area contributed by atoms with Gasteiger partial charge in [0.25, 0.3) is 5.91 Å². The molecule has 0 atom stereocenters. The Morgan fingerprint density at radius 2 is 1.72 bits per heavy atom. The number of piperidine rings is 1. The van der Waals surface area contributed by atoms with Crippen LogP contribution in [-0.2, 0) is 10.2 Å². The zero-order chi connectivity index (χ0) is 20.3. The minimum Gasteiger partial charge on any atom is -0.349 e. The third-order valence-corrected chi connectivity index (χ3v) is 7.77. The Morgan fingerprint density at radius 1 is 1.07 bits per heavy atom. The third-order valence-electron chi connectivity index (χ3n) is 7.77. The predicted molar refractivity (Wildman–Crippen MR) is 121 cm³/mol. The standard InChI is InChI=1S/C26H38N2O/c1-3-20(4-2)27-25(29)23-19-26(24-14-10-9-13-22(23)24)15-17-28(18-16-26)21-11-7-5-6-8-12-21/h9-10,13-14,19-21H,3-8,11-12,15-18H2,1-2H3,(H,27,29). The van der Waals surface area contributed by atoms with E-state index in [9.17, 15) is 4.79 Å². The molecule has 1 saturated carbocycles. The van der Waals surface area contributed by atoms with E-state index >= 15 is 0 Å². The van der Waals surface area contributed by atoms with Gasteiger partial charge in [0.05, 0.1) is 0 Å². The maximum absolute atomic E-state index is 13.1. The van der Waals surface area contributed by atoms with Crippen LogP contribution < -0.4 is 5.32 Å². The molecule has 2 fully saturated rings. The van der Waals surface area contributed by atoms with Crippen LogP contribution in [0.4, 0.5) is 0 Å². The predicted octanol–water partition coefficient (Wildman–Crippen LogP) is 5.44. The van der Waals surface area contributed by atoms with Crippen LogP contribution in [0.5, 0.6) is 0 Å². The number of hydrogen-bond donors (Lipinski definition) is 1. The van der Waals surface area contributed by atoms with E-state index in [1.54, 1.807) is 0 Å². The molecule has 1 saturated heterocycles. The number of nitrogens with zero attached hydrogens (tertiary/aromatic N) is 1. The normalized spacial score (nSPS) is 22.4. The minimum atomic E-state index is 0.0540. The van der Waals surface area contributed by atoms with Crippen molar-refractivity contribution in [3.05, 3.63) is 41.5 Å². The largest absolute Gasteiger partial charge is 0.349 e. The molecule has 3 heteroatoms. The topological polar surface area (TPSA) is 32.3 Å². The van der Waals surface area contributed by atoms with Gasteiger partial charge in [-0.05, 0) is 62.7 Å². The summed E-state index contributed by atoms with van der Waals surface area (Å²) in [4.78, 5) is 15.9. The van der Waals surface area contributed by atoms with Crippen LogP contribution in [0.25, 0.3) is 5.57 Å². The van der Waals surface area contributed by atoms with Gasteiger partial charge in [-0.15, -0.1) is 0 Å². The molecule has 1 aliphatic heterocycles. The summed E-state index contributed by atoms with van der Waals surface area (Å²) in [5.74, 6) is 0.120. The molecular weight excluding hydrogens is 356 g/mol. The molecule has 0 unspecified atom stereocenters. The lowest BCUT2D eigenvalue weighted by Gasteiger charge is -2.42. The first-order valence-corrected chi connectivity index (χ1v) is 12.0. The summed E-state index contributed by atoms with van der Waals surface area (Å²) < 4.78 is 0. The molecule has 29 heavy (non-hydrogen) atoms. The van der Waals surface area contributed by atoms with Gasteiger partial charge in [-0.2, -0.15) is 0 Å². The third kappa shape index (κ3) is 4.17. The number of carbonyl (C=O) groups excluding carboxylic acids is 1. The van der Waals surface area contributed by atoms with E-state index in [2.05, 4.69) is 54.4 Å². The number of amides is 1. The maximum Gasteiger partial charge on any atom is 0.251 e. The fourth-order valence-corrected chi connectivity index (χ4v) is 5.85. The molecule has 1 heterocycles. The van der Waals surface area contributed by atoms with Gasteiger partial charge in [0, 0.05) is 23.1 Å². The SMILES string of the molecule is CCC(CC)NC(=O)C1=CC2(CCN(C3CCCCCC3)CC2)c2ccccc21. The monoisotopic (exact) mass is 394 g/mol. The highest BCUT2D eigenvalue weighted by Gasteiger charge is 2.42. The van der Waals surface area contributed by atoms with Crippen LogP contribution in [0.15, 0.2) is 30.3 Å². The first kappa shape index (κ1) is 20.7. The molecule has 2 aliphatic carbocycles. The molecule has 1 amide bonds. The Hall–Kier alpha value is -1.61. The Kier molecular flexibility index (Phi) is 6.44. The number of rotatable bonds is 5. The van der Waals surface area contributed by atoms with Crippen molar-refractivity contribution in [1.29, 1.82) is 0 Å². The Labute approximate surface area is 176 Å². The molecule has 158 valence electrons. The zero-order valence-corrected chi connectivity index (χ0v) is 18.4. The quantitative estimate of drug-likeness (QED) is 0.674. The fraction of sp³-hybridized carbons (Fsp3) is 0.654. The van der Waals surface area contributed by atoms with Crippen molar-refractivity contribution >= 4 is 11.5 Å². The van der Waals surface area contributed by atoms with Gasteiger partial charge in [-0.3, -0.25) is 4.79 Å². The Bertz CT molecular complexity index is 733. The van der Waals surface area contributed by atoms with Crippen LogP contribution >= 0.6 is 0 Å². The average molecular weight is 395 g/mol. The second kappa shape index (κ2) is 9.04. The van der Waals surface area contributed by atoms with Crippen LogP contribution in [0.1, 0.15) is 89.2 Å². The van der Waals surface area contributed by atoms with E-state index in [0.29, 0.717) is 0 Å². The van der Waals surface area contributed by atoms with Crippen molar-refractivity contribution in [3.63, 3.8) is 0 Å². The molecule has 1 spiro atoms. The molecule has 1 aromatic rings. The summed E-state index contributed by atoms with van der Waals surface area (Å²) in [5, 5.41) is 3.27. The number of hydrogen-bond acceptors (Lipinski definition) is 2. The minimum absolute atomic E-state index is 0.0540. The first-order valence-electron chi connectivity index (χ1n) is 12.0. The van der Waals surface area contributed by atoms with Crippen molar-refractivity contribution in [2.75, 3.05) is 13.1 Å². The van der Waals surface area contributed by atoms with Gasteiger partial charge < -0.3 is 10.2 Å². The highest BCUT2D eigenvalue weighted by Crippen LogP contribution is 2.47. The molecule has 3 nitrogen and oxygen atoms in total. The maximum atomic E-state index is 13.1. The van der Waals surface area contributed by atoms with Crippen molar-refractivity contribution in [2.45, 2.75) is 95.6 Å². The van der Waals surface area contributed by atoms with Gasteiger partial charge in [-0.1, -0.05) is 69.9 Å². The number of fused-ring (bicyclic) bond motifs is 2. The van der Waals surface area contributed by atoms with E-state index in [1.807, 2.05) is 0 Å². The zero-order valence-electron chi connectivity index (χ0n) is 18.4. The second-order valence-corrected chi connectivity index (χ2v) is 9.43. The summed E-state index contributed by atoms with van der Waals surface area (Å²) >= 11 is 0. The van der Waals surface area contributed by atoms with Crippen LogP contribution in [0.2, 0.25) is 0 Å². The smallest absolute Gasteiger partial charge is 0.251 e. The highest BCUT2D eigenvalue weighted by molar-refractivity contribution is 6.21. The summed E-state index contributed by atoms with van der Waals surface area (Å²) in [5.41, 5.74) is 3.52. The number of likely N-dealkylation sites (tertiary alicyclic amines) is 1. The fourth-order valence-electron chi connectivity index (χ4n) is 5.85. The van der Waals surface area contributed by atoms with Gasteiger partial charge >= 0.3 is 0 Å². The summed E-state index contributed by atoms with van der Waals surface area (Å²) in [6.45, 7) is 6.63. The molecular formula is C26H38N2O. The van der Waals surface area contributed by atoms with E-state index in [1.165, 1.54) is 49.7 Å². The number of allylic oxidation sites excluding steroid dienone is 1. The molecule has 1 N–H and O–H groups in total. The number of benzene rings is 1. The summed E-state index contributed by atoms with van der Waals surface area (Å²) in [7, 11) is 0. The number of nitrogens with one attached hydrogen (secondary N) is 1. The lowest BCUT2D eigenvalue weighted by Crippen LogP contribution is -2.45. The Balaban J connectivity index is 1.53. The van der Waals surface area contributed by atoms with Crippen molar-refractivity contribution < 1.29 is 4.79 Å². The lowest BCUT2D eigenvalue weighted by molar-refractivity contribution is -0.116. The molecule has 0 aromatic heterocycles.